The van der Waals surface area contributed by atoms with Crippen LogP contribution in [0.1, 0.15) is 31.0 Å². The van der Waals surface area contributed by atoms with Crippen molar-refractivity contribution in [2.45, 2.75) is 25.3 Å². The van der Waals surface area contributed by atoms with Crippen LogP contribution >= 0.6 is 0 Å². The fraction of sp³-hybridized carbons (Fsp3) is 0.0889. The monoisotopic (exact) mass is 614 g/mol. The number of fused-ring (bicyclic) bond motifs is 11. The molecule has 0 saturated carbocycles. The van der Waals surface area contributed by atoms with Crippen LogP contribution in [0.25, 0.3) is 60.4 Å². The van der Waals surface area contributed by atoms with Crippen LogP contribution in [-0.2, 0) is 5.41 Å². The summed E-state index contributed by atoms with van der Waals surface area (Å²) in [6, 6.07) is 47.5. The minimum absolute atomic E-state index is 0.0617. The molecule has 6 aromatic carbocycles. The first-order chi connectivity index (χ1) is 23.6. The summed E-state index contributed by atoms with van der Waals surface area (Å²) in [6.45, 7) is 4.73. The van der Waals surface area contributed by atoms with Gasteiger partial charge in [-0.1, -0.05) is 111 Å². The second kappa shape index (κ2) is 9.11. The van der Waals surface area contributed by atoms with Crippen molar-refractivity contribution in [2.75, 3.05) is 0 Å². The van der Waals surface area contributed by atoms with E-state index in [1.807, 2.05) is 0 Å². The number of hydrogen-bond donors (Lipinski definition) is 0. The molecular formula is C45H32N3+. The molecule has 1 unspecified atom stereocenters. The number of allylic oxidation sites excluding steroid dienone is 4. The molecule has 0 saturated heterocycles. The summed E-state index contributed by atoms with van der Waals surface area (Å²) in [5.74, 6) is 0. The highest BCUT2D eigenvalue weighted by molar-refractivity contribution is 6.22. The molecule has 0 N–H and O–H groups in total. The summed E-state index contributed by atoms with van der Waals surface area (Å²) >= 11 is 0. The van der Waals surface area contributed by atoms with Crippen molar-refractivity contribution in [2.24, 2.45) is 0 Å². The van der Waals surface area contributed by atoms with Gasteiger partial charge in [-0.25, -0.2) is 0 Å². The van der Waals surface area contributed by atoms with E-state index in [0.29, 0.717) is 0 Å². The molecule has 48 heavy (non-hydrogen) atoms. The van der Waals surface area contributed by atoms with E-state index in [1.165, 1.54) is 88.6 Å². The standard InChI is InChI=1S/C45H32N3/c1-45(2)36-18-8-6-15-30(36)31-24-23-29(25-37(31)45)47-38-19-9-7-16-32(38)34-26-43-35(27-42(34)47)33-17-12-22-41-44(33)48(43)40-21-11-10-20-39(40)46(41)28-13-4-3-5-14-28/h3-27,40H,1-2H3/q+1. The predicted octanol–water partition coefficient (Wildman–Crippen LogP) is 11.2. The molecule has 11 rings (SSSR count). The summed E-state index contributed by atoms with van der Waals surface area (Å²) in [4.78, 5) is 0. The average Bonchev–Trinajstić information content (AvgIpc) is 3.72. The van der Waals surface area contributed by atoms with Crippen molar-refractivity contribution in [3.8, 4) is 16.8 Å². The zero-order chi connectivity index (χ0) is 31.7. The molecule has 3 aliphatic rings. The van der Waals surface area contributed by atoms with Gasteiger partial charge in [-0.2, -0.15) is 4.58 Å². The van der Waals surface area contributed by atoms with Gasteiger partial charge in [-0.15, -0.1) is 0 Å². The molecule has 1 aliphatic heterocycles. The number of benzene rings is 6. The van der Waals surface area contributed by atoms with Gasteiger partial charge in [0, 0.05) is 56.9 Å². The average molecular weight is 615 g/mol. The Morgan fingerprint density at radius 1 is 0.583 bits per heavy atom. The summed E-state index contributed by atoms with van der Waals surface area (Å²) < 4.78 is 7.52. The second-order valence-corrected chi connectivity index (χ2v) is 14.0. The number of rotatable bonds is 2. The van der Waals surface area contributed by atoms with Crippen molar-refractivity contribution in [3.63, 3.8) is 0 Å². The summed E-state index contributed by atoms with van der Waals surface area (Å²) in [5.41, 5.74) is 15.4. The van der Waals surface area contributed by atoms with Gasteiger partial charge >= 0.3 is 0 Å². The first-order valence-electron chi connectivity index (χ1n) is 16.9. The van der Waals surface area contributed by atoms with Gasteiger partial charge < -0.3 is 9.13 Å². The third-order valence-corrected chi connectivity index (χ3v) is 11.2. The molecule has 2 aliphatic carbocycles. The van der Waals surface area contributed by atoms with Crippen molar-refractivity contribution in [1.82, 2.24) is 13.7 Å². The van der Waals surface area contributed by atoms with Gasteiger partial charge in [0.15, 0.2) is 0 Å². The zero-order valence-corrected chi connectivity index (χ0v) is 26.9. The van der Waals surface area contributed by atoms with E-state index in [2.05, 4.69) is 179 Å². The fourth-order valence-corrected chi connectivity index (χ4v) is 9.07. The maximum Gasteiger partial charge on any atom is 0.235 e. The molecule has 3 heteroatoms. The van der Waals surface area contributed by atoms with E-state index >= 15 is 0 Å². The molecular weight excluding hydrogens is 583 g/mol. The molecule has 3 nitrogen and oxygen atoms in total. The maximum atomic E-state index is 2.58. The van der Waals surface area contributed by atoms with Crippen LogP contribution < -0.4 is 4.58 Å². The van der Waals surface area contributed by atoms with Crippen LogP contribution in [0.15, 0.2) is 152 Å². The van der Waals surface area contributed by atoms with Gasteiger partial charge in [0.1, 0.15) is 11.6 Å². The third kappa shape index (κ3) is 3.21. The number of aromatic nitrogens is 2. The van der Waals surface area contributed by atoms with Crippen LogP contribution in [0.3, 0.4) is 0 Å². The second-order valence-electron chi connectivity index (χ2n) is 14.0. The Bertz CT molecular complexity index is 2800. The fourth-order valence-electron chi connectivity index (χ4n) is 9.07. The molecule has 3 heterocycles. The lowest BCUT2D eigenvalue weighted by Gasteiger charge is -2.24. The van der Waals surface area contributed by atoms with E-state index in [-0.39, 0.29) is 11.5 Å². The first kappa shape index (κ1) is 26.2. The largest absolute Gasteiger partial charge is 0.318 e. The molecule has 8 aromatic rings. The lowest BCUT2D eigenvalue weighted by Crippen LogP contribution is -2.30. The van der Waals surface area contributed by atoms with Gasteiger partial charge in [0.05, 0.1) is 16.6 Å². The van der Waals surface area contributed by atoms with Crippen molar-refractivity contribution in [3.05, 3.63) is 163 Å². The molecule has 0 bridgehead atoms. The molecule has 0 spiro atoms. The van der Waals surface area contributed by atoms with Gasteiger partial charge in [0.2, 0.25) is 17.1 Å². The SMILES string of the molecule is CC1(C)c2ccccc2-c2ccc(-n3c4ccccc4c4cc5c(cc43)c3cccc4c3n5C3C=CC=CC3=[N+]4c3ccccc3)cc21. The lowest BCUT2D eigenvalue weighted by atomic mass is 9.82. The molecule has 226 valence electrons. The summed E-state index contributed by atoms with van der Waals surface area (Å²) in [7, 11) is 0. The van der Waals surface area contributed by atoms with E-state index in [0.717, 1.165) is 0 Å². The van der Waals surface area contributed by atoms with Crippen molar-refractivity contribution < 1.29 is 0 Å². The third-order valence-electron chi connectivity index (χ3n) is 11.2. The molecule has 0 radical (unpaired) electrons. The topological polar surface area (TPSA) is 12.9 Å². The minimum Gasteiger partial charge on any atom is -0.318 e. The Kier molecular flexibility index (Phi) is 4.97. The number of nitrogens with zero attached hydrogens (tertiary/aromatic N) is 3. The van der Waals surface area contributed by atoms with Crippen LogP contribution in [-0.4, -0.2) is 14.8 Å². The number of para-hydroxylation sites is 3. The Balaban J connectivity index is 1.22. The van der Waals surface area contributed by atoms with Crippen LogP contribution in [0.5, 0.6) is 0 Å². The predicted molar refractivity (Wildman–Crippen MR) is 202 cm³/mol. The van der Waals surface area contributed by atoms with Gasteiger partial charge in [-0.3, -0.25) is 0 Å². The summed E-state index contributed by atoms with van der Waals surface area (Å²) in [6.07, 6.45) is 8.99. The van der Waals surface area contributed by atoms with Crippen LogP contribution in [0, 0.1) is 0 Å². The number of hydrogen-bond acceptors (Lipinski definition) is 0. The molecule has 0 fully saturated rings. The normalized spacial score (nSPS) is 17.1. The van der Waals surface area contributed by atoms with Crippen LogP contribution in [0.4, 0.5) is 11.4 Å². The van der Waals surface area contributed by atoms with Gasteiger partial charge in [0.25, 0.3) is 0 Å². The van der Waals surface area contributed by atoms with E-state index in [9.17, 15) is 0 Å². The smallest absolute Gasteiger partial charge is 0.235 e. The van der Waals surface area contributed by atoms with Crippen LogP contribution in [0.2, 0.25) is 0 Å². The highest BCUT2D eigenvalue weighted by Crippen LogP contribution is 2.50. The van der Waals surface area contributed by atoms with E-state index in [4.69, 9.17) is 0 Å². The molecule has 0 amide bonds. The van der Waals surface area contributed by atoms with E-state index < -0.39 is 0 Å². The van der Waals surface area contributed by atoms with Crippen molar-refractivity contribution >= 4 is 60.7 Å². The van der Waals surface area contributed by atoms with Gasteiger partial charge in [-0.05, 0) is 52.6 Å². The molecule has 2 aromatic heterocycles. The molecule has 1 atom stereocenters. The van der Waals surface area contributed by atoms with Crippen molar-refractivity contribution in [1.29, 1.82) is 0 Å². The Hall–Kier alpha value is -5.93. The quantitative estimate of drug-likeness (QED) is 0.172. The summed E-state index contributed by atoms with van der Waals surface area (Å²) in [5, 5.41) is 5.13. The minimum atomic E-state index is -0.0617. The Morgan fingerprint density at radius 2 is 1.33 bits per heavy atom. The highest BCUT2D eigenvalue weighted by Gasteiger charge is 2.38. The lowest BCUT2D eigenvalue weighted by molar-refractivity contribution is 0.660. The van der Waals surface area contributed by atoms with E-state index in [1.54, 1.807) is 0 Å². The zero-order valence-electron chi connectivity index (χ0n) is 26.9. The Morgan fingerprint density at radius 3 is 2.25 bits per heavy atom. The first-order valence-corrected chi connectivity index (χ1v) is 16.9. The Labute approximate surface area is 278 Å². The highest BCUT2D eigenvalue weighted by atomic mass is 15.2. The maximum absolute atomic E-state index is 2.58.